The fourth-order valence-electron chi connectivity index (χ4n) is 2.01. The predicted molar refractivity (Wildman–Crippen MR) is 67.8 cm³/mol. The summed E-state index contributed by atoms with van der Waals surface area (Å²) in [6, 6.07) is 3.16. The van der Waals surface area contributed by atoms with Crippen LogP contribution in [-0.2, 0) is 12.8 Å². The third-order valence-corrected chi connectivity index (χ3v) is 3.10. The van der Waals surface area contributed by atoms with E-state index in [0.717, 1.165) is 6.07 Å². The number of benzene rings is 1. The Morgan fingerprint density at radius 3 is 2.71 bits per heavy atom. The molecule has 1 aromatic rings. The summed E-state index contributed by atoms with van der Waals surface area (Å²) < 4.78 is 43.9. The quantitative estimate of drug-likeness (QED) is 0.868. The number of nitrogens with zero attached hydrogens (tertiary/aromatic N) is 1. The lowest BCUT2D eigenvalue weighted by atomic mass is 10.1. The Kier molecular flexibility index (Phi) is 4.56. The molecule has 2 N–H and O–H groups in total. The number of rotatable bonds is 5. The molecular formula is C13H15F3N2O3. The summed E-state index contributed by atoms with van der Waals surface area (Å²) in [5.41, 5.74) is -0.770. The van der Waals surface area contributed by atoms with Crippen LogP contribution >= 0.6 is 0 Å². The largest absolute Gasteiger partial charge is 0.491 e. The van der Waals surface area contributed by atoms with Gasteiger partial charge < -0.3 is 20.1 Å². The number of amides is 2. The van der Waals surface area contributed by atoms with Gasteiger partial charge in [-0.3, -0.25) is 0 Å². The average molecular weight is 304 g/mol. The minimum absolute atomic E-state index is 0.0328. The first-order valence-electron chi connectivity index (χ1n) is 6.38. The van der Waals surface area contributed by atoms with Gasteiger partial charge >= 0.3 is 12.2 Å². The van der Waals surface area contributed by atoms with Crippen molar-refractivity contribution in [3.63, 3.8) is 0 Å². The number of ether oxygens (including phenoxy) is 1. The molecule has 5 nitrogen and oxygen atoms in total. The van der Waals surface area contributed by atoms with Crippen molar-refractivity contribution in [2.45, 2.75) is 12.8 Å². The van der Waals surface area contributed by atoms with Crippen molar-refractivity contribution in [3.05, 3.63) is 29.3 Å². The average Bonchev–Trinajstić information content (AvgIpc) is 2.83. The van der Waals surface area contributed by atoms with Crippen molar-refractivity contribution in [2.75, 3.05) is 26.2 Å². The molecule has 0 saturated carbocycles. The SMILES string of the molecule is O=C1NCCN1CCOc1ccc(CO)cc1C(F)(F)F. The molecule has 0 radical (unpaired) electrons. The second-order valence-corrected chi connectivity index (χ2v) is 4.55. The lowest BCUT2D eigenvalue weighted by Gasteiger charge is -2.17. The van der Waals surface area contributed by atoms with E-state index in [0.29, 0.717) is 13.1 Å². The van der Waals surface area contributed by atoms with Crippen LogP contribution in [-0.4, -0.2) is 42.3 Å². The Morgan fingerprint density at radius 1 is 1.38 bits per heavy atom. The number of alkyl halides is 3. The highest BCUT2D eigenvalue weighted by Crippen LogP contribution is 2.36. The maximum Gasteiger partial charge on any atom is 0.419 e. The van der Waals surface area contributed by atoms with E-state index in [-0.39, 0.29) is 30.5 Å². The van der Waals surface area contributed by atoms with Crippen molar-refractivity contribution in [1.29, 1.82) is 0 Å². The van der Waals surface area contributed by atoms with Crippen molar-refractivity contribution < 1.29 is 27.8 Å². The predicted octanol–water partition coefficient (Wildman–Crippen LogP) is 1.60. The number of hydrogen-bond acceptors (Lipinski definition) is 3. The van der Waals surface area contributed by atoms with Crippen molar-refractivity contribution in [3.8, 4) is 5.75 Å². The van der Waals surface area contributed by atoms with Crippen LogP contribution in [0.25, 0.3) is 0 Å². The minimum atomic E-state index is -4.56. The summed E-state index contributed by atoms with van der Waals surface area (Å²) >= 11 is 0. The molecule has 1 aromatic carbocycles. The van der Waals surface area contributed by atoms with Gasteiger partial charge in [0.2, 0.25) is 0 Å². The maximum atomic E-state index is 12.9. The molecule has 0 atom stereocenters. The van der Waals surface area contributed by atoms with E-state index in [4.69, 9.17) is 9.84 Å². The molecule has 21 heavy (non-hydrogen) atoms. The fourth-order valence-corrected chi connectivity index (χ4v) is 2.01. The van der Waals surface area contributed by atoms with Crippen LogP contribution in [0.4, 0.5) is 18.0 Å². The third-order valence-electron chi connectivity index (χ3n) is 3.10. The highest BCUT2D eigenvalue weighted by Gasteiger charge is 2.34. The van der Waals surface area contributed by atoms with Gasteiger partial charge in [0.1, 0.15) is 12.4 Å². The van der Waals surface area contributed by atoms with Crippen LogP contribution in [0.5, 0.6) is 5.75 Å². The molecule has 1 aliphatic rings. The molecule has 2 rings (SSSR count). The van der Waals surface area contributed by atoms with E-state index in [1.165, 1.54) is 17.0 Å². The first-order chi connectivity index (χ1) is 9.91. The zero-order valence-electron chi connectivity index (χ0n) is 11.1. The van der Waals surface area contributed by atoms with Crippen molar-refractivity contribution >= 4 is 6.03 Å². The number of hydrogen-bond donors (Lipinski definition) is 2. The molecule has 1 heterocycles. The lowest BCUT2D eigenvalue weighted by molar-refractivity contribution is -0.139. The Labute approximate surface area is 119 Å². The van der Waals surface area contributed by atoms with Gasteiger partial charge in [-0.25, -0.2) is 4.79 Å². The summed E-state index contributed by atoms with van der Waals surface area (Å²) in [6.07, 6.45) is -4.56. The highest BCUT2D eigenvalue weighted by atomic mass is 19.4. The molecule has 1 fully saturated rings. The minimum Gasteiger partial charge on any atom is -0.491 e. The number of carbonyl (C=O) groups excluding carboxylic acids is 1. The number of halogens is 3. The molecule has 0 aliphatic carbocycles. The van der Waals surface area contributed by atoms with Gasteiger partial charge in [-0.1, -0.05) is 6.07 Å². The zero-order chi connectivity index (χ0) is 15.5. The molecule has 1 saturated heterocycles. The van der Waals surface area contributed by atoms with Gasteiger partial charge in [0, 0.05) is 13.1 Å². The molecule has 8 heteroatoms. The number of carbonyl (C=O) groups is 1. The first-order valence-corrected chi connectivity index (χ1v) is 6.38. The normalized spacial score (nSPS) is 15.2. The van der Waals surface area contributed by atoms with Crippen LogP contribution in [0, 0.1) is 0 Å². The summed E-state index contributed by atoms with van der Waals surface area (Å²) in [7, 11) is 0. The third kappa shape index (κ3) is 3.78. The number of urea groups is 1. The monoisotopic (exact) mass is 304 g/mol. The lowest BCUT2D eigenvalue weighted by Crippen LogP contribution is -2.32. The molecule has 0 spiro atoms. The van der Waals surface area contributed by atoms with E-state index in [1.54, 1.807) is 0 Å². The van der Waals surface area contributed by atoms with Crippen molar-refractivity contribution in [2.24, 2.45) is 0 Å². The first kappa shape index (κ1) is 15.4. The van der Waals surface area contributed by atoms with Crippen molar-refractivity contribution in [1.82, 2.24) is 10.2 Å². The van der Waals surface area contributed by atoms with Crippen LogP contribution in [0.15, 0.2) is 18.2 Å². The Morgan fingerprint density at radius 2 is 2.14 bits per heavy atom. The van der Waals surface area contributed by atoms with Crippen LogP contribution in [0.1, 0.15) is 11.1 Å². The van der Waals surface area contributed by atoms with E-state index < -0.39 is 18.3 Å². The summed E-state index contributed by atoms with van der Waals surface area (Å²) in [4.78, 5) is 12.7. The second kappa shape index (κ2) is 6.21. The standard InChI is InChI=1S/C13H15F3N2O3/c14-13(15,16)10-7-9(8-19)1-2-11(10)21-6-5-18-4-3-17-12(18)20/h1-2,7,19H,3-6,8H2,(H,17,20). The Balaban J connectivity index is 2.03. The van der Waals surface area contributed by atoms with Gasteiger partial charge in [0.15, 0.2) is 0 Å². The number of aliphatic hydroxyl groups is 1. The van der Waals surface area contributed by atoms with Gasteiger partial charge in [-0.05, 0) is 17.7 Å². The topological polar surface area (TPSA) is 61.8 Å². The van der Waals surface area contributed by atoms with Gasteiger partial charge in [0.05, 0.1) is 18.7 Å². The van der Waals surface area contributed by atoms with E-state index in [1.807, 2.05) is 0 Å². The zero-order valence-corrected chi connectivity index (χ0v) is 11.1. The summed E-state index contributed by atoms with van der Waals surface area (Å²) in [6.45, 7) is 0.743. The molecule has 0 bridgehead atoms. The van der Waals surface area contributed by atoms with Crippen LogP contribution in [0.2, 0.25) is 0 Å². The second-order valence-electron chi connectivity index (χ2n) is 4.55. The Bertz CT molecular complexity index is 520. The van der Waals surface area contributed by atoms with Crippen LogP contribution in [0.3, 0.4) is 0 Å². The maximum absolute atomic E-state index is 12.9. The Hall–Kier alpha value is -1.96. The van der Waals surface area contributed by atoms with E-state index in [9.17, 15) is 18.0 Å². The summed E-state index contributed by atoms with van der Waals surface area (Å²) in [5, 5.41) is 11.5. The van der Waals surface area contributed by atoms with E-state index >= 15 is 0 Å². The molecule has 2 amide bonds. The number of aliphatic hydroxyl groups excluding tert-OH is 1. The van der Waals surface area contributed by atoms with Gasteiger partial charge in [-0.2, -0.15) is 13.2 Å². The summed E-state index contributed by atoms with van der Waals surface area (Å²) in [5.74, 6) is -0.306. The highest BCUT2D eigenvalue weighted by molar-refractivity contribution is 5.76. The smallest absolute Gasteiger partial charge is 0.419 e. The number of nitrogens with one attached hydrogen (secondary N) is 1. The molecule has 116 valence electrons. The fraction of sp³-hybridized carbons (Fsp3) is 0.462. The van der Waals surface area contributed by atoms with Gasteiger partial charge in [-0.15, -0.1) is 0 Å². The molecule has 1 aliphatic heterocycles. The van der Waals surface area contributed by atoms with Crippen LogP contribution < -0.4 is 10.1 Å². The van der Waals surface area contributed by atoms with Gasteiger partial charge in [0.25, 0.3) is 0 Å². The molecule has 0 unspecified atom stereocenters. The molecular weight excluding hydrogens is 289 g/mol. The molecule has 0 aromatic heterocycles. The van der Waals surface area contributed by atoms with E-state index in [2.05, 4.69) is 5.32 Å².